The quantitative estimate of drug-likeness (QED) is 0.819. The summed E-state index contributed by atoms with van der Waals surface area (Å²) in [5, 5.41) is 0. The largest absolute Gasteiger partial charge is 0.324 e. The van der Waals surface area contributed by atoms with Crippen LogP contribution < -0.4 is 5.73 Å². The monoisotopic (exact) mass is 234 g/mol. The van der Waals surface area contributed by atoms with Crippen LogP contribution in [0.3, 0.4) is 0 Å². The van der Waals surface area contributed by atoms with E-state index in [1.54, 1.807) is 0 Å². The summed E-state index contributed by atoms with van der Waals surface area (Å²) >= 11 is 0. The van der Waals surface area contributed by atoms with Crippen molar-refractivity contribution in [2.45, 2.75) is 40.2 Å². The molecule has 0 aliphatic heterocycles. The summed E-state index contributed by atoms with van der Waals surface area (Å²) in [6, 6.07) is 6.71. The van der Waals surface area contributed by atoms with Crippen LogP contribution in [0.4, 0.5) is 0 Å². The molecule has 0 aliphatic carbocycles. The minimum atomic E-state index is 0.163. The van der Waals surface area contributed by atoms with E-state index in [1.165, 1.54) is 16.7 Å². The molecular formula is C15H26N2. The summed E-state index contributed by atoms with van der Waals surface area (Å²) in [6.07, 6.45) is 1.03. The van der Waals surface area contributed by atoms with Crippen LogP contribution >= 0.6 is 0 Å². The molecule has 0 spiro atoms. The first-order chi connectivity index (χ1) is 8.08. The second-order valence-electron chi connectivity index (χ2n) is 4.78. The van der Waals surface area contributed by atoms with E-state index in [-0.39, 0.29) is 6.04 Å². The van der Waals surface area contributed by atoms with Gasteiger partial charge in [-0.3, -0.25) is 0 Å². The minimum Gasteiger partial charge on any atom is -0.324 e. The lowest BCUT2D eigenvalue weighted by atomic mass is 9.97. The molecule has 1 atom stereocenters. The zero-order valence-corrected chi connectivity index (χ0v) is 11.7. The maximum atomic E-state index is 6.28. The molecule has 17 heavy (non-hydrogen) atoms. The zero-order chi connectivity index (χ0) is 12.8. The van der Waals surface area contributed by atoms with Gasteiger partial charge in [-0.25, -0.2) is 0 Å². The van der Waals surface area contributed by atoms with E-state index in [9.17, 15) is 0 Å². The first-order valence-electron chi connectivity index (χ1n) is 6.63. The number of aryl methyl sites for hydroxylation is 2. The summed E-state index contributed by atoms with van der Waals surface area (Å²) in [6.45, 7) is 12.0. The molecule has 1 rings (SSSR count). The van der Waals surface area contributed by atoms with Gasteiger partial charge < -0.3 is 10.6 Å². The van der Waals surface area contributed by atoms with E-state index in [4.69, 9.17) is 5.73 Å². The van der Waals surface area contributed by atoms with Gasteiger partial charge in [0.2, 0.25) is 0 Å². The maximum Gasteiger partial charge on any atom is 0.0309 e. The molecule has 0 aromatic heterocycles. The van der Waals surface area contributed by atoms with E-state index in [1.807, 2.05) is 0 Å². The fourth-order valence-electron chi connectivity index (χ4n) is 2.26. The normalized spacial score (nSPS) is 13.1. The summed E-state index contributed by atoms with van der Waals surface area (Å²) < 4.78 is 0. The molecule has 0 heterocycles. The summed E-state index contributed by atoms with van der Waals surface area (Å²) in [7, 11) is 0. The van der Waals surface area contributed by atoms with Crippen LogP contribution in [0.25, 0.3) is 0 Å². The average molecular weight is 234 g/mol. The minimum absolute atomic E-state index is 0.163. The topological polar surface area (TPSA) is 29.3 Å². The predicted octanol–water partition coefficient (Wildman–Crippen LogP) is 3.04. The summed E-state index contributed by atoms with van der Waals surface area (Å²) in [4.78, 5) is 2.42. The second kappa shape index (κ2) is 6.77. The van der Waals surface area contributed by atoms with Crippen LogP contribution in [0.15, 0.2) is 18.2 Å². The molecule has 0 saturated heterocycles. The van der Waals surface area contributed by atoms with Crippen molar-refractivity contribution in [3.05, 3.63) is 34.9 Å². The van der Waals surface area contributed by atoms with E-state index < -0.39 is 0 Å². The van der Waals surface area contributed by atoms with Crippen molar-refractivity contribution >= 4 is 0 Å². The van der Waals surface area contributed by atoms with Gasteiger partial charge >= 0.3 is 0 Å². The lowest BCUT2D eigenvalue weighted by Crippen LogP contribution is -2.27. The number of hydrogen-bond acceptors (Lipinski definition) is 2. The van der Waals surface area contributed by atoms with Crippen LogP contribution in [-0.4, -0.2) is 24.5 Å². The fourth-order valence-corrected chi connectivity index (χ4v) is 2.26. The van der Waals surface area contributed by atoms with Gasteiger partial charge in [0.15, 0.2) is 0 Å². The molecule has 0 radical (unpaired) electrons. The van der Waals surface area contributed by atoms with Gasteiger partial charge in [0.1, 0.15) is 0 Å². The Morgan fingerprint density at radius 1 is 1.18 bits per heavy atom. The molecule has 2 N–H and O–H groups in total. The summed E-state index contributed by atoms with van der Waals surface area (Å²) in [5.41, 5.74) is 10.2. The number of hydrogen-bond donors (Lipinski definition) is 1. The number of nitrogens with zero attached hydrogens (tertiary/aromatic N) is 1. The third kappa shape index (κ3) is 4.14. The van der Waals surface area contributed by atoms with Gasteiger partial charge in [0.25, 0.3) is 0 Å². The number of nitrogens with two attached hydrogens (primary N) is 1. The molecule has 2 nitrogen and oxygen atoms in total. The Labute approximate surface area is 106 Å². The van der Waals surface area contributed by atoms with E-state index in [0.717, 1.165) is 26.1 Å². The predicted molar refractivity (Wildman–Crippen MR) is 75.2 cm³/mol. The van der Waals surface area contributed by atoms with Gasteiger partial charge in [0.05, 0.1) is 0 Å². The molecule has 1 aromatic carbocycles. The highest BCUT2D eigenvalue weighted by Crippen LogP contribution is 2.19. The smallest absolute Gasteiger partial charge is 0.0309 e. The van der Waals surface area contributed by atoms with Crippen molar-refractivity contribution in [1.82, 2.24) is 4.90 Å². The molecular weight excluding hydrogens is 208 g/mol. The highest BCUT2D eigenvalue weighted by Gasteiger charge is 2.10. The number of rotatable bonds is 6. The van der Waals surface area contributed by atoms with Crippen molar-refractivity contribution in [1.29, 1.82) is 0 Å². The summed E-state index contributed by atoms with van der Waals surface area (Å²) in [5.74, 6) is 0. The molecule has 1 aromatic rings. The molecule has 0 saturated carbocycles. The first kappa shape index (κ1) is 14.2. The molecule has 0 bridgehead atoms. The Morgan fingerprint density at radius 2 is 1.82 bits per heavy atom. The van der Waals surface area contributed by atoms with Crippen LogP contribution in [0.1, 0.15) is 43.0 Å². The fraction of sp³-hybridized carbons (Fsp3) is 0.600. The van der Waals surface area contributed by atoms with Gasteiger partial charge in [-0.1, -0.05) is 37.6 Å². The third-order valence-corrected chi connectivity index (χ3v) is 3.48. The van der Waals surface area contributed by atoms with Gasteiger partial charge in [-0.2, -0.15) is 0 Å². The first-order valence-corrected chi connectivity index (χ1v) is 6.63. The van der Waals surface area contributed by atoms with E-state index >= 15 is 0 Å². The lowest BCUT2D eigenvalue weighted by molar-refractivity contribution is 0.290. The molecule has 96 valence electrons. The van der Waals surface area contributed by atoms with Crippen molar-refractivity contribution in [2.24, 2.45) is 5.73 Å². The molecule has 1 unspecified atom stereocenters. The van der Waals surface area contributed by atoms with Gasteiger partial charge in [-0.05, 0) is 51.0 Å². The van der Waals surface area contributed by atoms with Crippen molar-refractivity contribution in [3.63, 3.8) is 0 Å². The zero-order valence-electron chi connectivity index (χ0n) is 11.7. The van der Waals surface area contributed by atoms with Crippen molar-refractivity contribution < 1.29 is 0 Å². The Hall–Kier alpha value is -0.860. The van der Waals surface area contributed by atoms with Crippen LogP contribution in [0.2, 0.25) is 0 Å². The Balaban J connectivity index is 2.60. The van der Waals surface area contributed by atoms with Crippen LogP contribution in [0, 0.1) is 13.8 Å². The molecule has 2 heteroatoms. The van der Waals surface area contributed by atoms with Crippen LogP contribution in [0.5, 0.6) is 0 Å². The molecule has 0 amide bonds. The Morgan fingerprint density at radius 3 is 2.35 bits per heavy atom. The average Bonchev–Trinajstić information content (AvgIpc) is 2.30. The van der Waals surface area contributed by atoms with Crippen LogP contribution in [-0.2, 0) is 0 Å². The van der Waals surface area contributed by atoms with Gasteiger partial charge in [-0.15, -0.1) is 0 Å². The van der Waals surface area contributed by atoms with E-state index in [0.29, 0.717) is 0 Å². The standard InChI is InChI=1S/C15H26N2/c1-5-17(6-2)10-9-15(16)14-8-7-12(3)11-13(14)4/h7-8,11,15H,5-6,9-10,16H2,1-4H3. The third-order valence-electron chi connectivity index (χ3n) is 3.48. The molecule has 0 fully saturated rings. The van der Waals surface area contributed by atoms with Crippen molar-refractivity contribution in [2.75, 3.05) is 19.6 Å². The Kier molecular flexibility index (Phi) is 5.66. The number of benzene rings is 1. The highest BCUT2D eigenvalue weighted by atomic mass is 15.1. The maximum absolute atomic E-state index is 6.28. The SMILES string of the molecule is CCN(CC)CCC(N)c1ccc(C)cc1C. The highest BCUT2D eigenvalue weighted by molar-refractivity contribution is 5.32. The second-order valence-corrected chi connectivity index (χ2v) is 4.78. The van der Waals surface area contributed by atoms with Gasteiger partial charge in [0, 0.05) is 6.04 Å². The van der Waals surface area contributed by atoms with Crippen molar-refractivity contribution in [3.8, 4) is 0 Å². The Bertz CT molecular complexity index is 343. The van der Waals surface area contributed by atoms with E-state index in [2.05, 4.69) is 50.8 Å². The molecule has 0 aliphatic rings. The lowest BCUT2D eigenvalue weighted by Gasteiger charge is -2.21.